The Labute approximate surface area is 64.9 Å². The van der Waals surface area contributed by atoms with Gasteiger partial charge in [-0.1, -0.05) is 0 Å². The molecule has 0 bridgehead atoms. The number of nitrogens with one attached hydrogen (secondary N) is 1. The Bertz CT molecular complexity index is 56.9. The first-order valence-corrected chi connectivity index (χ1v) is 1.80. The standard InChI is InChI=1S/C3H8N2O.Na.H/c1-2-5-3(4)6;;/h2H2,1H3,(H3,4,5,6);;. The van der Waals surface area contributed by atoms with Crippen molar-refractivity contribution in [1.29, 1.82) is 0 Å². The summed E-state index contributed by atoms with van der Waals surface area (Å²) in [5.41, 5.74) is 4.65. The monoisotopic (exact) mass is 112 g/mol. The van der Waals surface area contributed by atoms with Gasteiger partial charge < -0.3 is 11.1 Å². The van der Waals surface area contributed by atoms with Crippen LogP contribution in [0.1, 0.15) is 6.92 Å². The molecule has 3 N–H and O–H groups in total. The second-order valence-electron chi connectivity index (χ2n) is 0.895. The summed E-state index contributed by atoms with van der Waals surface area (Å²) < 4.78 is 0. The van der Waals surface area contributed by atoms with E-state index >= 15 is 0 Å². The summed E-state index contributed by atoms with van der Waals surface area (Å²) in [6.07, 6.45) is 0. The molecule has 4 heteroatoms. The summed E-state index contributed by atoms with van der Waals surface area (Å²) in [6, 6.07) is -0.461. The molecule has 0 aromatic rings. The van der Waals surface area contributed by atoms with Crippen LogP contribution < -0.4 is 11.1 Å². The van der Waals surface area contributed by atoms with Crippen molar-refractivity contribution in [3.8, 4) is 0 Å². The van der Waals surface area contributed by atoms with Crippen LogP contribution in [0.15, 0.2) is 0 Å². The van der Waals surface area contributed by atoms with E-state index in [0.717, 1.165) is 0 Å². The summed E-state index contributed by atoms with van der Waals surface area (Å²) in [5.74, 6) is 0. The molecule has 0 unspecified atom stereocenters. The fourth-order valence-electron chi connectivity index (χ4n) is 0.174. The topological polar surface area (TPSA) is 55.1 Å². The van der Waals surface area contributed by atoms with Crippen LogP contribution in [0.25, 0.3) is 0 Å². The van der Waals surface area contributed by atoms with Crippen LogP contribution in [0.3, 0.4) is 0 Å². The number of urea groups is 1. The van der Waals surface area contributed by atoms with Crippen molar-refractivity contribution in [2.75, 3.05) is 6.54 Å². The van der Waals surface area contributed by atoms with Crippen LogP contribution in [0.5, 0.6) is 0 Å². The number of rotatable bonds is 1. The predicted molar refractivity (Wildman–Crippen MR) is 30.4 cm³/mol. The molecule has 0 saturated heterocycles. The van der Waals surface area contributed by atoms with E-state index < -0.39 is 6.03 Å². The Morgan fingerprint density at radius 1 is 1.86 bits per heavy atom. The fraction of sp³-hybridized carbons (Fsp3) is 0.667. The van der Waals surface area contributed by atoms with E-state index in [9.17, 15) is 4.79 Å². The van der Waals surface area contributed by atoms with Gasteiger partial charge in [-0.05, 0) is 6.92 Å². The van der Waals surface area contributed by atoms with Crippen molar-refractivity contribution < 1.29 is 4.79 Å². The molecule has 0 rings (SSSR count). The zero-order valence-corrected chi connectivity index (χ0v) is 3.69. The van der Waals surface area contributed by atoms with Crippen molar-refractivity contribution in [1.82, 2.24) is 5.32 Å². The molecule has 0 spiro atoms. The number of hydrogen-bond donors (Lipinski definition) is 2. The molecule has 0 aliphatic rings. The van der Waals surface area contributed by atoms with Crippen LogP contribution in [0, 0.1) is 0 Å². The summed E-state index contributed by atoms with van der Waals surface area (Å²) >= 11 is 0. The third-order valence-electron chi connectivity index (χ3n) is 0.351. The van der Waals surface area contributed by atoms with Crippen molar-refractivity contribution in [3.63, 3.8) is 0 Å². The first-order valence-electron chi connectivity index (χ1n) is 1.80. The van der Waals surface area contributed by atoms with Gasteiger partial charge in [-0.25, -0.2) is 4.79 Å². The molecule has 0 aromatic carbocycles. The number of carbonyl (C=O) groups excluding carboxylic acids is 1. The maximum absolute atomic E-state index is 9.71. The van der Waals surface area contributed by atoms with E-state index in [1.165, 1.54) is 0 Å². The molecule has 0 fully saturated rings. The third-order valence-corrected chi connectivity index (χ3v) is 0.351. The van der Waals surface area contributed by atoms with E-state index in [-0.39, 0.29) is 29.6 Å². The molecule has 38 valence electrons. The van der Waals surface area contributed by atoms with Crippen molar-refractivity contribution >= 4 is 35.6 Å². The van der Waals surface area contributed by atoms with Gasteiger partial charge >= 0.3 is 35.6 Å². The van der Waals surface area contributed by atoms with E-state index in [1.54, 1.807) is 0 Å². The number of hydrogen-bond acceptors (Lipinski definition) is 1. The molecule has 2 amide bonds. The van der Waals surface area contributed by atoms with Crippen LogP contribution in [0.2, 0.25) is 0 Å². The number of amides is 2. The zero-order chi connectivity index (χ0) is 4.99. The zero-order valence-electron chi connectivity index (χ0n) is 3.69. The maximum atomic E-state index is 9.71. The molecule has 0 aliphatic carbocycles. The summed E-state index contributed by atoms with van der Waals surface area (Å²) in [6.45, 7) is 2.42. The summed E-state index contributed by atoms with van der Waals surface area (Å²) in [5, 5.41) is 2.35. The molecule has 0 aromatic heterocycles. The van der Waals surface area contributed by atoms with Crippen LogP contribution in [-0.4, -0.2) is 42.1 Å². The second-order valence-corrected chi connectivity index (χ2v) is 0.895. The van der Waals surface area contributed by atoms with Gasteiger partial charge in [0, 0.05) is 6.54 Å². The Morgan fingerprint density at radius 3 is 2.29 bits per heavy atom. The molecule has 0 atom stereocenters. The SMILES string of the molecule is CCNC(N)=O.[NaH]. The van der Waals surface area contributed by atoms with Crippen LogP contribution >= 0.6 is 0 Å². The molecule has 0 heterocycles. The number of nitrogens with two attached hydrogens (primary N) is 1. The van der Waals surface area contributed by atoms with E-state index in [2.05, 4.69) is 11.1 Å². The van der Waals surface area contributed by atoms with Gasteiger partial charge in [0.1, 0.15) is 0 Å². The normalized spacial score (nSPS) is 6.43. The Hall–Kier alpha value is 0.270. The van der Waals surface area contributed by atoms with E-state index in [1.807, 2.05) is 6.92 Å². The summed E-state index contributed by atoms with van der Waals surface area (Å²) in [4.78, 5) is 9.71. The van der Waals surface area contributed by atoms with E-state index in [4.69, 9.17) is 0 Å². The van der Waals surface area contributed by atoms with Gasteiger partial charge in [-0.3, -0.25) is 0 Å². The quantitative estimate of drug-likeness (QED) is 0.421. The summed E-state index contributed by atoms with van der Waals surface area (Å²) in [7, 11) is 0. The molecular weight excluding hydrogens is 103 g/mol. The van der Waals surface area contributed by atoms with Crippen LogP contribution in [0.4, 0.5) is 4.79 Å². The van der Waals surface area contributed by atoms with Gasteiger partial charge in [0.15, 0.2) is 0 Å². The number of primary amides is 1. The van der Waals surface area contributed by atoms with Gasteiger partial charge in [-0.2, -0.15) is 0 Å². The predicted octanol–water partition coefficient (Wildman–Crippen LogP) is -0.974. The average Bonchev–Trinajstić information content (AvgIpc) is 1.35. The molecule has 7 heavy (non-hydrogen) atoms. The van der Waals surface area contributed by atoms with E-state index in [0.29, 0.717) is 6.54 Å². The molecule has 0 aliphatic heterocycles. The Balaban J connectivity index is 0. The average molecular weight is 112 g/mol. The first-order chi connectivity index (χ1) is 2.77. The molecule has 0 saturated carbocycles. The minimum absolute atomic E-state index is 0. The van der Waals surface area contributed by atoms with Crippen molar-refractivity contribution in [2.24, 2.45) is 5.73 Å². The van der Waals surface area contributed by atoms with Gasteiger partial charge in [0.2, 0.25) is 0 Å². The molecule has 0 radical (unpaired) electrons. The Kier molecular flexibility index (Phi) is 9.22. The van der Waals surface area contributed by atoms with Crippen molar-refractivity contribution in [2.45, 2.75) is 6.92 Å². The third kappa shape index (κ3) is 10.7. The van der Waals surface area contributed by atoms with Crippen LogP contribution in [-0.2, 0) is 0 Å². The molecular formula is C3H9N2NaO. The van der Waals surface area contributed by atoms with Gasteiger partial charge in [0.05, 0.1) is 0 Å². The Morgan fingerprint density at radius 2 is 2.29 bits per heavy atom. The first kappa shape index (κ1) is 10.3. The molecule has 3 nitrogen and oxygen atoms in total. The number of carbonyl (C=O) groups is 1. The fourth-order valence-corrected chi connectivity index (χ4v) is 0.174. The minimum atomic E-state index is -0.461. The van der Waals surface area contributed by atoms with Gasteiger partial charge in [-0.15, -0.1) is 0 Å². The van der Waals surface area contributed by atoms with Gasteiger partial charge in [0.25, 0.3) is 0 Å². The second kappa shape index (κ2) is 6.27. The van der Waals surface area contributed by atoms with Crippen molar-refractivity contribution in [3.05, 3.63) is 0 Å².